The van der Waals surface area contributed by atoms with Crippen LogP contribution in [0.1, 0.15) is 0 Å². The molecule has 0 saturated heterocycles. The van der Waals surface area contributed by atoms with Crippen LogP contribution in [0.25, 0.3) is 0 Å². The normalized spacial score (nSPS) is 9.00. The fourth-order valence-electron chi connectivity index (χ4n) is 0. The van der Waals surface area contributed by atoms with E-state index in [9.17, 15) is 0 Å². The van der Waals surface area contributed by atoms with E-state index < -0.39 is 0 Å². The Morgan fingerprint density at radius 2 is 1.00 bits per heavy atom. The predicted octanol–water partition coefficient (Wildman–Crippen LogP) is 1.89. The summed E-state index contributed by atoms with van der Waals surface area (Å²) in [6.45, 7) is 0. The van der Waals surface area contributed by atoms with Crippen LogP contribution >= 0.6 is 47.3 Å². The Kier molecular flexibility index (Phi) is 3.75. The molecule has 4 heteroatoms. The molecule has 0 spiro atoms. The van der Waals surface area contributed by atoms with E-state index in [0.717, 1.165) is 0 Å². The third-order valence-electron chi connectivity index (χ3n) is 0. The summed E-state index contributed by atoms with van der Waals surface area (Å²) in [6, 6.07) is 0. The predicted molar refractivity (Wildman–Crippen MR) is 33.9 cm³/mol. The molecule has 0 amide bonds. The monoisotopic (exact) mass is 249 g/mol. The first-order valence-corrected chi connectivity index (χ1v) is 4.17. The average Bonchev–Trinajstić information content (AvgIpc) is 0.811. The summed E-state index contributed by atoms with van der Waals surface area (Å²) in [5, 5.41) is 0. The van der Waals surface area contributed by atoms with Crippen LogP contribution in [0.2, 0.25) is 0 Å². The minimum Gasteiger partial charge on any atom is -0.329 e. The molecule has 0 aliphatic rings. The van der Waals surface area contributed by atoms with Crippen molar-refractivity contribution in [1.82, 2.24) is 0 Å². The lowest BCUT2D eigenvalue weighted by molar-refractivity contribution is 4.99. The van der Waals surface area contributed by atoms with Crippen molar-refractivity contribution in [3.63, 3.8) is 0 Å². The highest BCUT2D eigenvalue weighted by Gasteiger charge is 1.67. The van der Waals surface area contributed by atoms with Gasteiger partial charge in [-0.05, 0) is 0 Å². The Balaban J connectivity index is 2.32. The van der Waals surface area contributed by atoms with Crippen molar-refractivity contribution in [2.45, 2.75) is 0 Å². The lowest BCUT2D eigenvalue weighted by Gasteiger charge is -1.83. The molecule has 0 aliphatic carbocycles. The summed E-state index contributed by atoms with van der Waals surface area (Å²) in [5.74, 6) is 0. The van der Waals surface area contributed by atoms with Crippen molar-refractivity contribution < 1.29 is 0 Å². The van der Waals surface area contributed by atoms with Gasteiger partial charge in [0.05, 0.1) is 0 Å². The largest absolute Gasteiger partial charge is 0.329 e. The minimum atomic E-state index is -0.312. The molecule has 0 aliphatic heterocycles. The molecule has 4 heavy (non-hydrogen) atoms. The summed E-state index contributed by atoms with van der Waals surface area (Å²) in [7, 11) is 0. The Labute approximate surface area is 50.3 Å². The Hall–Kier alpha value is 1.50. The van der Waals surface area contributed by atoms with Crippen molar-refractivity contribution in [3.8, 4) is 0 Å². The van der Waals surface area contributed by atoms with E-state index in [1.807, 2.05) is 0 Å². The first kappa shape index (κ1) is 5.50. The summed E-state index contributed by atoms with van der Waals surface area (Å²) < 4.78 is -0.312. The van der Waals surface area contributed by atoms with Crippen molar-refractivity contribution in [1.29, 1.82) is 0 Å². The number of rotatable bonds is 0. The fraction of sp³-hybridized carbons (Fsp3) is 0. The Bertz CT molecular complexity index is 8.00. The van der Waals surface area contributed by atoms with Gasteiger partial charge in [0.15, 0.2) is 3.18 Å². The van der Waals surface area contributed by atoms with Gasteiger partial charge in [-0.2, -0.15) is 0 Å². The molecule has 0 bridgehead atoms. The molecular weight excluding hydrogens is 251 g/mol. The summed E-state index contributed by atoms with van der Waals surface area (Å²) in [6.07, 6.45) is 0. The topological polar surface area (TPSA) is 0 Å². The molecule has 0 aromatic carbocycles. The third-order valence-corrected chi connectivity index (χ3v) is 0. The van der Waals surface area contributed by atoms with Gasteiger partial charge in [-0.25, -0.2) is 0 Å². The maximum absolute atomic E-state index is 3.19. The standard InChI is InChI=1S/BBr3H/c2-1(3)4/h1H/q-1. The molecule has 0 nitrogen and oxygen atoms in total. The first-order chi connectivity index (χ1) is 1.73. The van der Waals surface area contributed by atoms with Crippen LogP contribution in [0, 0.1) is 0 Å². The zero-order valence-electron chi connectivity index (χ0n) is 1.84. The van der Waals surface area contributed by atoms with Gasteiger partial charge in [0.25, 0.3) is 0 Å². The Morgan fingerprint density at radius 3 is 1.00 bits per heavy atom. The fourth-order valence-corrected chi connectivity index (χ4v) is 0. The van der Waals surface area contributed by atoms with Gasteiger partial charge in [-0.3, -0.25) is 0 Å². The highest BCUT2D eigenvalue weighted by molar-refractivity contribution is 9.69. The molecule has 0 unspecified atom stereocenters. The van der Waals surface area contributed by atoms with Gasteiger partial charge < -0.3 is 47.3 Å². The molecule has 0 aromatic heterocycles. The smallest absolute Gasteiger partial charge is 0.173 e. The van der Waals surface area contributed by atoms with Gasteiger partial charge >= 0.3 is 0 Å². The van der Waals surface area contributed by atoms with Crippen molar-refractivity contribution in [3.05, 3.63) is 0 Å². The zero-order valence-corrected chi connectivity index (χ0v) is 6.60. The number of hydrogen-bond donors (Lipinski definition) is 0. The second-order valence-corrected chi connectivity index (χ2v) is 8.18. The highest BCUT2D eigenvalue weighted by atomic mass is 79.9. The van der Waals surface area contributed by atoms with Gasteiger partial charge in [0.1, 0.15) is 0 Å². The molecule has 0 atom stereocenters. The number of halogens is 3. The van der Waals surface area contributed by atoms with Crippen LogP contribution in [-0.4, -0.2) is 3.18 Å². The van der Waals surface area contributed by atoms with E-state index >= 15 is 0 Å². The van der Waals surface area contributed by atoms with Crippen LogP contribution in [0.15, 0.2) is 0 Å². The van der Waals surface area contributed by atoms with Crippen molar-refractivity contribution >= 4 is 50.5 Å². The molecule has 0 fully saturated rings. The molecule has 0 heterocycles. The lowest BCUT2D eigenvalue weighted by atomic mass is 10.8. The van der Waals surface area contributed by atoms with Gasteiger partial charge in [0, 0.05) is 0 Å². The summed E-state index contributed by atoms with van der Waals surface area (Å²) in [5.41, 5.74) is 0. The van der Waals surface area contributed by atoms with Crippen LogP contribution in [-0.2, 0) is 0 Å². The molecule has 0 N–H and O–H groups in total. The van der Waals surface area contributed by atoms with Crippen molar-refractivity contribution in [2.75, 3.05) is 0 Å². The van der Waals surface area contributed by atoms with Crippen LogP contribution in [0.3, 0.4) is 0 Å². The lowest BCUT2D eigenvalue weighted by Crippen LogP contribution is -1.60. The van der Waals surface area contributed by atoms with Gasteiger partial charge in [-0.1, -0.05) is 0 Å². The molecule has 0 rings (SSSR count). The van der Waals surface area contributed by atoms with Gasteiger partial charge in [0.2, 0.25) is 0 Å². The quantitative estimate of drug-likeness (QED) is 0.577. The first-order valence-electron chi connectivity index (χ1n) is 0.802. The van der Waals surface area contributed by atoms with E-state index in [1.54, 1.807) is 0 Å². The zero-order chi connectivity index (χ0) is 3.58. The molecule has 26 valence electrons. The maximum Gasteiger partial charge on any atom is 0.173 e. The molecule has 0 aromatic rings. The van der Waals surface area contributed by atoms with Crippen LogP contribution in [0.5, 0.6) is 0 Å². The molecule has 0 saturated carbocycles. The minimum absolute atomic E-state index is 0.312. The van der Waals surface area contributed by atoms with Crippen LogP contribution < -0.4 is 0 Å². The van der Waals surface area contributed by atoms with E-state index in [4.69, 9.17) is 0 Å². The Morgan fingerprint density at radius 1 is 1.00 bits per heavy atom. The summed E-state index contributed by atoms with van der Waals surface area (Å²) >= 11 is 9.56. The average molecular weight is 252 g/mol. The molecular formula is HBBr3-. The van der Waals surface area contributed by atoms with E-state index in [2.05, 4.69) is 47.3 Å². The highest BCUT2D eigenvalue weighted by Crippen LogP contribution is 2.07. The van der Waals surface area contributed by atoms with Crippen molar-refractivity contribution in [2.24, 2.45) is 0 Å². The maximum atomic E-state index is 3.19. The second kappa shape index (κ2) is 2.73. The van der Waals surface area contributed by atoms with E-state index in [1.165, 1.54) is 0 Å². The number of hydrogen-bond acceptors (Lipinski definition) is 0. The SMILES string of the molecule is Br[BH-](Br)Br. The van der Waals surface area contributed by atoms with Crippen LogP contribution in [0.4, 0.5) is 0 Å². The molecule has 0 radical (unpaired) electrons. The van der Waals surface area contributed by atoms with E-state index in [-0.39, 0.29) is 3.18 Å². The summed E-state index contributed by atoms with van der Waals surface area (Å²) in [4.78, 5) is 0. The van der Waals surface area contributed by atoms with Gasteiger partial charge in [-0.15, -0.1) is 0 Å². The third kappa shape index (κ3) is 9.71. The second-order valence-electron chi connectivity index (χ2n) is 0.303. The van der Waals surface area contributed by atoms with E-state index in [0.29, 0.717) is 0 Å².